The molecular weight excluding hydrogens is 242 g/mol. The fourth-order valence-corrected chi connectivity index (χ4v) is 1.85. The van der Waals surface area contributed by atoms with Crippen LogP contribution >= 0.6 is 0 Å². The minimum atomic E-state index is -0.481. The maximum Gasteiger partial charge on any atom is 0.241 e. The van der Waals surface area contributed by atoms with E-state index < -0.39 is 5.91 Å². The first-order valence-electron chi connectivity index (χ1n) is 5.69. The maximum atomic E-state index is 10.6. The van der Waals surface area contributed by atoms with E-state index in [0.29, 0.717) is 0 Å². The van der Waals surface area contributed by atoms with E-state index in [1.807, 2.05) is 24.5 Å². The molecule has 0 unspecified atom stereocenters. The van der Waals surface area contributed by atoms with Crippen LogP contribution in [0.2, 0.25) is 0 Å². The number of H-pyrrole nitrogens is 2. The number of nitrogens with zero attached hydrogens (tertiary/aromatic N) is 2. The lowest BCUT2D eigenvalue weighted by atomic mass is 10.2. The molecule has 1 amide bonds. The molecule has 0 aliphatic rings. The Morgan fingerprint density at radius 3 is 2.95 bits per heavy atom. The third kappa shape index (κ3) is 2.11. The van der Waals surface area contributed by atoms with Crippen molar-refractivity contribution in [1.82, 2.24) is 20.2 Å². The summed E-state index contributed by atoms with van der Waals surface area (Å²) >= 11 is 0. The molecule has 6 heteroatoms. The Balaban J connectivity index is 1.95. The number of amides is 1. The average Bonchev–Trinajstić information content (AvgIpc) is 2.99. The van der Waals surface area contributed by atoms with Gasteiger partial charge >= 0.3 is 0 Å². The van der Waals surface area contributed by atoms with Crippen LogP contribution in [0.3, 0.4) is 0 Å². The Morgan fingerprint density at radius 1 is 1.32 bits per heavy atom. The van der Waals surface area contributed by atoms with Gasteiger partial charge in [-0.25, -0.2) is 0 Å². The van der Waals surface area contributed by atoms with Gasteiger partial charge in [0.1, 0.15) is 5.69 Å². The van der Waals surface area contributed by atoms with Gasteiger partial charge in [-0.3, -0.25) is 14.9 Å². The lowest BCUT2D eigenvalue weighted by Crippen LogP contribution is -2.05. The highest BCUT2D eigenvalue weighted by atomic mass is 16.1. The molecule has 0 aliphatic carbocycles. The van der Waals surface area contributed by atoms with Gasteiger partial charge in [-0.15, -0.1) is 0 Å². The number of hydrogen-bond acceptors (Lipinski definition) is 3. The minimum Gasteiger partial charge on any atom is -0.366 e. The molecule has 3 aromatic rings. The number of rotatable bonds is 3. The fraction of sp³-hybridized carbons (Fsp3) is 0. The number of carbonyl (C=O) groups is 1. The van der Waals surface area contributed by atoms with Crippen molar-refractivity contribution < 1.29 is 4.79 Å². The molecule has 0 aromatic carbocycles. The SMILES string of the molecule is NC(=O)C=Cc1ccc(-c2n[nH]c3c[nH]cc23)nc1. The number of fused-ring (bicyclic) bond motifs is 1. The average molecular weight is 253 g/mol. The van der Waals surface area contributed by atoms with Crippen LogP contribution < -0.4 is 5.73 Å². The Morgan fingerprint density at radius 2 is 2.21 bits per heavy atom. The Labute approximate surface area is 108 Å². The second-order valence-electron chi connectivity index (χ2n) is 4.07. The van der Waals surface area contributed by atoms with Crippen LogP contribution in [0.4, 0.5) is 0 Å². The van der Waals surface area contributed by atoms with Gasteiger partial charge in [0.05, 0.1) is 11.2 Å². The molecule has 94 valence electrons. The first kappa shape index (κ1) is 11.2. The van der Waals surface area contributed by atoms with E-state index in [9.17, 15) is 4.79 Å². The van der Waals surface area contributed by atoms with Crippen LogP contribution in [0.1, 0.15) is 5.56 Å². The molecule has 0 atom stereocenters. The van der Waals surface area contributed by atoms with Crippen molar-refractivity contribution in [3.05, 3.63) is 42.4 Å². The molecule has 0 saturated carbocycles. The summed E-state index contributed by atoms with van der Waals surface area (Å²) in [6.07, 6.45) is 8.31. The summed E-state index contributed by atoms with van der Waals surface area (Å²) in [4.78, 5) is 18.0. The van der Waals surface area contributed by atoms with Crippen molar-refractivity contribution in [2.75, 3.05) is 0 Å². The summed E-state index contributed by atoms with van der Waals surface area (Å²) in [5.74, 6) is -0.481. The fourth-order valence-electron chi connectivity index (χ4n) is 1.85. The molecular formula is C13H11N5O. The Kier molecular flexibility index (Phi) is 2.60. The van der Waals surface area contributed by atoms with Gasteiger partial charge < -0.3 is 10.7 Å². The van der Waals surface area contributed by atoms with Crippen molar-refractivity contribution in [3.63, 3.8) is 0 Å². The van der Waals surface area contributed by atoms with Crippen LogP contribution in [0.5, 0.6) is 0 Å². The lowest BCUT2D eigenvalue weighted by molar-refractivity contribution is -0.113. The molecule has 4 N–H and O–H groups in total. The van der Waals surface area contributed by atoms with Crippen LogP contribution in [0.15, 0.2) is 36.8 Å². The van der Waals surface area contributed by atoms with Crippen molar-refractivity contribution >= 4 is 22.9 Å². The van der Waals surface area contributed by atoms with Gasteiger partial charge in [0.2, 0.25) is 5.91 Å². The topological polar surface area (TPSA) is 100 Å². The number of aromatic amines is 2. The molecule has 19 heavy (non-hydrogen) atoms. The largest absolute Gasteiger partial charge is 0.366 e. The van der Waals surface area contributed by atoms with Gasteiger partial charge in [0, 0.05) is 30.1 Å². The van der Waals surface area contributed by atoms with E-state index in [0.717, 1.165) is 27.9 Å². The number of nitrogens with two attached hydrogens (primary N) is 1. The molecule has 0 aliphatic heterocycles. The smallest absolute Gasteiger partial charge is 0.241 e. The second kappa shape index (κ2) is 4.41. The van der Waals surface area contributed by atoms with E-state index in [1.54, 1.807) is 12.3 Å². The van der Waals surface area contributed by atoms with Crippen molar-refractivity contribution in [1.29, 1.82) is 0 Å². The van der Waals surface area contributed by atoms with Gasteiger partial charge in [0.15, 0.2) is 0 Å². The predicted molar refractivity (Wildman–Crippen MR) is 71.9 cm³/mol. The molecule has 3 aromatic heterocycles. The standard InChI is InChI=1S/C13H11N5O/c14-12(19)4-2-8-1-3-10(16-5-8)13-9-6-15-7-11(9)17-18-13/h1-7,15,17H,(H2,14,19). The van der Waals surface area contributed by atoms with Crippen LogP contribution in [-0.4, -0.2) is 26.1 Å². The van der Waals surface area contributed by atoms with E-state index in [4.69, 9.17) is 5.73 Å². The van der Waals surface area contributed by atoms with Gasteiger partial charge in [-0.1, -0.05) is 6.07 Å². The number of nitrogens with one attached hydrogen (secondary N) is 2. The summed E-state index contributed by atoms with van der Waals surface area (Å²) in [5, 5.41) is 8.15. The molecule has 0 radical (unpaired) electrons. The van der Waals surface area contributed by atoms with Crippen molar-refractivity contribution in [2.24, 2.45) is 5.73 Å². The van der Waals surface area contributed by atoms with Gasteiger partial charge in [-0.05, 0) is 17.7 Å². The third-order valence-corrected chi connectivity index (χ3v) is 2.76. The molecule has 0 saturated heterocycles. The number of hydrogen-bond donors (Lipinski definition) is 3. The Bertz CT molecular complexity index is 751. The molecule has 3 heterocycles. The second-order valence-corrected chi connectivity index (χ2v) is 4.07. The summed E-state index contributed by atoms with van der Waals surface area (Å²) in [5.41, 5.74) is 8.34. The highest BCUT2D eigenvalue weighted by Gasteiger charge is 2.09. The number of primary amides is 1. The van der Waals surface area contributed by atoms with Crippen LogP contribution in [0, 0.1) is 0 Å². The number of pyridine rings is 1. The quantitative estimate of drug-likeness (QED) is 0.616. The summed E-state index contributed by atoms with van der Waals surface area (Å²) in [6.45, 7) is 0. The van der Waals surface area contributed by atoms with Crippen molar-refractivity contribution in [2.45, 2.75) is 0 Å². The zero-order valence-electron chi connectivity index (χ0n) is 9.92. The van der Waals surface area contributed by atoms with E-state index in [1.165, 1.54) is 6.08 Å². The van der Waals surface area contributed by atoms with E-state index in [2.05, 4.69) is 20.2 Å². The normalized spacial score (nSPS) is 11.4. The summed E-state index contributed by atoms with van der Waals surface area (Å²) in [7, 11) is 0. The van der Waals surface area contributed by atoms with Gasteiger partial charge in [0.25, 0.3) is 0 Å². The zero-order chi connectivity index (χ0) is 13.2. The molecule has 0 fully saturated rings. The first-order chi connectivity index (χ1) is 9.24. The lowest BCUT2D eigenvalue weighted by Gasteiger charge is -1.97. The van der Waals surface area contributed by atoms with E-state index in [-0.39, 0.29) is 0 Å². The monoisotopic (exact) mass is 253 g/mol. The predicted octanol–water partition coefficient (Wildman–Crippen LogP) is 1.45. The molecule has 0 bridgehead atoms. The molecule has 6 nitrogen and oxygen atoms in total. The van der Waals surface area contributed by atoms with Crippen molar-refractivity contribution in [3.8, 4) is 11.4 Å². The molecule has 3 rings (SSSR count). The Hall–Kier alpha value is -2.89. The summed E-state index contributed by atoms with van der Waals surface area (Å²) < 4.78 is 0. The van der Waals surface area contributed by atoms with Crippen LogP contribution in [-0.2, 0) is 4.79 Å². The number of aromatic nitrogens is 4. The maximum absolute atomic E-state index is 10.6. The summed E-state index contributed by atoms with van der Waals surface area (Å²) in [6, 6.07) is 3.71. The minimum absolute atomic E-state index is 0.481. The zero-order valence-corrected chi connectivity index (χ0v) is 9.92. The molecule has 0 spiro atoms. The number of carbonyl (C=O) groups excluding carboxylic acids is 1. The van der Waals surface area contributed by atoms with Crippen LogP contribution in [0.25, 0.3) is 28.4 Å². The highest BCUT2D eigenvalue weighted by molar-refractivity contribution is 5.92. The van der Waals surface area contributed by atoms with Gasteiger partial charge in [-0.2, -0.15) is 5.10 Å². The third-order valence-electron chi connectivity index (χ3n) is 2.76. The highest BCUT2D eigenvalue weighted by Crippen LogP contribution is 2.24. The van der Waals surface area contributed by atoms with E-state index >= 15 is 0 Å². The first-order valence-corrected chi connectivity index (χ1v) is 5.69.